The zero-order chi connectivity index (χ0) is 18.1. The third kappa shape index (κ3) is 5.75. The first-order valence-corrected chi connectivity index (χ1v) is 8.63. The Morgan fingerprint density at radius 3 is 2.21 bits per heavy atom. The van der Waals surface area contributed by atoms with Crippen molar-refractivity contribution in [1.29, 1.82) is 0 Å². The molecule has 24 heavy (non-hydrogen) atoms. The van der Waals surface area contributed by atoms with Crippen molar-refractivity contribution in [2.24, 2.45) is 5.10 Å². The maximum atomic E-state index is 12.2. The molecule has 0 heterocycles. The van der Waals surface area contributed by atoms with Crippen molar-refractivity contribution in [1.82, 2.24) is 0 Å². The minimum atomic E-state index is -0.956. The number of hydrogen-bond acceptors (Lipinski definition) is 6. The molecule has 0 N–H and O–H groups in total. The normalized spacial score (nSPS) is 10.9. The summed E-state index contributed by atoms with van der Waals surface area (Å²) in [4.78, 5) is 36.0. The minimum absolute atomic E-state index is 0.0519. The first-order chi connectivity index (χ1) is 11.4. The van der Waals surface area contributed by atoms with Crippen LogP contribution in [0.15, 0.2) is 29.4 Å². The van der Waals surface area contributed by atoms with E-state index in [1.165, 1.54) is 0 Å². The smallest absolute Gasteiger partial charge is 0.435 e. The molecule has 1 rings (SSSR count). The summed E-state index contributed by atoms with van der Waals surface area (Å²) in [6.45, 7) is 3.37. The average molecular weight is 467 g/mol. The summed E-state index contributed by atoms with van der Waals surface area (Å²) in [5.41, 5.74) is -0.239. The number of esters is 1. The van der Waals surface area contributed by atoms with E-state index < -0.39 is 29.4 Å². The fourth-order valence-corrected chi connectivity index (χ4v) is 2.03. The zero-order valence-corrected chi connectivity index (χ0v) is 16.0. The first kappa shape index (κ1) is 20.4. The topological polar surface area (TPSA) is 85.3 Å². The summed E-state index contributed by atoms with van der Waals surface area (Å²) >= 11 is 7.61. The van der Waals surface area contributed by atoms with E-state index in [2.05, 4.69) is 27.7 Å². The van der Waals surface area contributed by atoms with Crippen LogP contribution in [-0.4, -0.2) is 42.7 Å². The summed E-state index contributed by atoms with van der Waals surface area (Å²) < 4.78 is 10.7. The van der Waals surface area contributed by atoms with Gasteiger partial charge in [-0.1, -0.05) is 0 Å². The lowest BCUT2D eigenvalue weighted by Crippen LogP contribution is -2.34. The molecule has 0 bridgehead atoms. The first-order valence-electron chi connectivity index (χ1n) is 7.01. The van der Waals surface area contributed by atoms with Crippen LogP contribution in [0.2, 0.25) is 0 Å². The predicted molar refractivity (Wildman–Crippen MR) is 98.5 cm³/mol. The number of carbonyl (C=O) groups is 3. The quantitative estimate of drug-likeness (QED) is 0.154. The van der Waals surface area contributed by atoms with Gasteiger partial charge in [0.2, 0.25) is 11.5 Å². The molecule has 1 aromatic rings. The molecule has 0 atom stereocenters. The number of amides is 1. The maximum absolute atomic E-state index is 12.2. The van der Waals surface area contributed by atoms with Crippen LogP contribution >= 0.6 is 34.2 Å². The molecule has 1 amide bonds. The van der Waals surface area contributed by atoms with Crippen LogP contribution in [0.25, 0.3) is 0 Å². The number of halogens is 2. The highest BCUT2D eigenvalue weighted by Crippen LogP contribution is 2.18. The van der Waals surface area contributed by atoms with Crippen molar-refractivity contribution < 1.29 is 23.9 Å². The molecule has 0 aliphatic carbocycles. The molecule has 0 unspecified atom stereocenters. The Morgan fingerprint density at radius 1 is 1.12 bits per heavy atom. The number of Topliss-reactive ketones (excluding diaryl/α,β-unsaturated/α-hetero) is 1. The minimum Gasteiger partial charge on any atom is -0.461 e. The molecule has 0 fully saturated rings. The highest BCUT2D eigenvalue weighted by molar-refractivity contribution is 14.1. The van der Waals surface area contributed by atoms with Crippen LogP contribution < -0.4 is 5.01 Å². The number of hydrogen-bond donors (Lipinski definition) is 0. The third-order valence-electron chi connectivity index (χ3n) is 2.57. The van der Waals surface area contributed by atoms with E-state index in [-0.39, 0.29) is 13.2 Å². The Kier molecular flexibility index (Phi) is 8.69. The van der Waals surface area contributed by atoms with Crippen LogP contribution in [0.5, 0.6) is 0 Å². The summed E-state index contributed by atoms with van der Waals surface area (Å²) in [5, 5.41) is 4.68. The number of rotatable bonds is 7. The Hall–Kier alpha value is -1.68. The molecule has 9 heteroatoms. The highest BCUT2D eigenvalue weighted by Gasteiger charge is 2.26. The van der Waals surface area contributed by atoms with Crippen LogP contribution in [0.3, 0.4) is 0 Å². The second-order valence-corrected chi connectivity index (χ2v) is 5.73. The van der Waals surface area contributed by atoms with Gasteiger partial charge < -0.3 is 9.47 Å². The van der Waals surface area contributed by atoms with Gasteiger partial charge in [-0.15, -0.1) is 11.6 Å². The van der Waals surface area contributed by atoms with E-state index in [1.54, 1.807) is 38.1 Å². The molecule has 7 nitrogen and oxygen atoms in total. The molecule has 0 spiro atoms. The van der Waals surface area contributed by atoms with Crippen LogP contribution in [0, 0.1) is 3.57 Å². The van der Waals surface area contributed by atoms with Gasteiger partial charge in [0.15, 0.2) is 0 Å². The fourth-order valence-electron chi connectivity index (χ4n) is 1.54. The summed E-state index contributed by atoms with van der Waals surface area (Å²) in [6.07, 6.45) is -0.831. The molecule has 0 aliphatic heterocycles. The molecule has 1 aromatic carbocycles. The van der Waals surface area contributed by atoms with E-state index in [1.807, 2.05) is 0 Å². The largest absolute Gasteiger partial charge is 0.461 e. The molecular formula is C15H16ClIN2O5. The molecule has 130 valence electrons. The SMILES string of the molecule is CCOC(=O)/C(=N\N(C(=O)OCC)c1ccc(I)cc1)C(=O)CCl. The van der Waals surface area contributed by atoms with Crippen LogP contribution in [0.1, 0.15) is 13.8 Å². The van der Waals surface area contributed by atoms with Crippen molar-refractivity contribution in [2.75, 3.05) is 24.1 Å². The number of hydrazone groups is 1. The van der Waals surface area contributed by atoms with E-state index in [0.29, 0.717) is 5.69 Å². The van der Waals surface area contributed by atoms with Gasteiger partial charge in [-0.25, -0.2) is 9.59 Å². The van der Waals surface area contributed by atoms with Gasteiger partial charge in [-0.3, -0.25) is 4.79 Å². The predicted octanol–water partition coefficient (Wildman–Crippen LogP) is 2.98. The number of ketones is 1. The van der Waals surface area contributed by atoms with E-state index in [9.17, 15) is 14.4 Å². The maximum Gasteiger partial charge on any atom is 0.435 e. The number of benzene rings is 1. The lowest BCUT2D eigenvalue weighted by molar-refractivity contribution is -0.135. The zero-order valence-electron chi connectivity index (χ0n) is 13.1. The Morgan fingerprint density at radius 2 is 1.71 bits per heavy atom. The summed E-state index contributed by atoms with van der Waals surface area (Å²) in [6, 6.07) is 6.70. The van der Waals surface area contributed by atoms with Crippen molar-refractivity contribution >= 4 is 63.4 Å². The van der Waals surface area contributed by atoms with Gasteiger partial charge >= 0.3 is 12.1 Å². The Bertz CT molecular complexity index is 633. The van der Waals surface area contributed by atoms with Gasteiger partial charge in [0.1, 0.15) is 0 Å². The highest BCUT2D eigenvalue weighted by atomic mass is 127. The second kappa shape index (κ2) is 10.2. The van der Waals surface area contributed by atoms with Crippen LogP contribution in [-0.2, 0) is 19.1 Å². The van der Waals surface area contributed by atoms with E-state index in [4.69, 9.17) is 21.1 Å². The van der Waals surface area contributed by atoms with E-state index in [0.717, 1.165) is 8.58 Å². The molecular weight excluding hydrogens is 451 g/mol. The van der Waals surface area contributed by atoms with Gasteiger partial charge in [-0.05, 0) is 60.7 Å². The van der Waals surface area contributed by atoms with Gasteiger partial charge in [0.05, 0.1) is 24.8 Å². The number of nitrogens with zero attached hydrogens (tertiary/aromatic N) is 2. The molecule has 0 aliphatic rings. The molecule has 0 saturated heterocycles. The van der Waals surface area contributed by atoms with Crippen molar-refractivity contribution in [3.05, 3.63) is 27.8 Å². The van der Waals surface area contributed by atoms with Gasteiger partial charge in [0.25, 0.3) is 0 Å². The number of ether oxygens (including phenoxy) is 2. The molecule has 0 radical (unpaired) electrons. The fraction of sp³-hybridized carbons (Fsp3) is 0.333. The number of alkyl halides is 1. The third-order valence-corrected chi connectivity index (χ3v) is 3.53. The number of anilines is 1. The van der Waals surface area contributed by atoms with Gasteiger partial charge in [0, 0.05) is 3.57 Å². The second-order valence-electron chi connectivity index (χ2n) is 4.21. The average Bonchev–Trinajstić information content (AvgIpc) is 2.56. The molecule has 0 aromatic heterocycles. The number of carbonyl (C=O) groups excluding carboxylic acids is 3. The summed E-state index contributed by atoms with van der Waals surface area (Å²) in [5.74, 6) is -2.18. The lowest BCUT2D eigenvalue weighted by atomic mass is 10.2. The van der Waals surface area contributed by atoms with Crippen LogP contribution in [0.4, 0.5) is 10.5 Å². The molecule has 0 saturated carbocycles. The summed E-state index contributed by atoms with van der Waals surface area (Å²) in [7, 11) is 0. The Balaban J connectivity index is 3.33. The van der Waals surface area contributed by atoms with Gasteiger partial charge in [-0.2, -0.15) is 10.1 Å². The lowest BCUT2D eigenvalue weighted by Gasteiger charge is -2.17. The van der Waals surface area contributed by atoms with Crippen molar-refractivity contribution in [3.63, 3.8) is 0 Å². The van der Waals surface area contributed by atoms with E-state index >= 15 is 0 Å². The van der Waals surface area contributed by atoms with Crippen molar-refractivity contribution in [2.45, 2.75) is 13.8 Å². The van der Waals surface area contributed by atoms with Crippen molar-refractivity contribution in [3.8, 4) is 0 Å². The Labute approximate surface area is 158 Å². The standard InChI is InChI=1S/C15H16ClIN2O5/c1-3-23-14(21)13(12(20)9-16)18-19(15(22)24-4-2)11-7-5-10(17)6-8-11/h5-8H,3-4,9H2,1-2H3/b18-13-. The monoisotopic (exact) mass is 466 g/mol.